The van der Waals surface area contributed by atoms with Gasteiger partial charge in [0.15, 0.2) is 0 Å². The summed E-state index contributed by atoms with van der Waals surface area (Å²) in [6, 6.07) is 11.0. The highest BCUT2D eigenvalue weighted by Gasteiger charge is 2.33. The first-order chi connectivity index (χ1) is 19.8. The zero-order valence-corrected chi connectivity index (χ0v) is 25.3. The zero-order valence-electron chi connectivity index (χ0n) is 22.2. The van der Waals surface area contributed by atoms with Crippen LogP contribution in [-0.4, -0.2) is 19.8 Å². The molecule has 0 radical (unpaired) electrons. The number of aromatic nitrogens is 1. The first-order valence-corrected chi connectivity index (χ1v) is 15.9. The van der Waals surface area contributed by atoms with E-state index in [0.717, 1.165) is 55.4 Å². The third-order valence-electron chi connectivity index (χ3n) is 7.68. The molecule has 5 rings (SSSR count). The van der Waals surface area contributed by atoms with Crippen molar-refractivity contribution in [2.45, 2.75) is 63.9 Å². The summed E-state index contributed by atoms with van der Waals surface area (Å²) in [4.78, 5) is 12.0. The minimum absolute atomic E-state index is 0.240. The Morgan fingerprint density at radius 1 is 1.05 bits per heavy atom. The van der Waals surface area contributed by atoms with Gasteiger partial charge < -0.3 is 13.8 Å². The van der Waals surface area contributed by atoms with Gasteiger partial charge in [-0.1, -0.05) is 71.0 Å². The van der Waals surface area contributed by atoms with Crippen LogP contribution in [0.3, 0.4) is 0 Å². The lowest BCUT2D eigenvalue weighted by Gasteiger charge is -2.23. The fraction of sp³-hybridized carbons (Fsp3) is 0.400. The minimum atomic E-state index is -2.56. The Kier molecular flexibility index (Phi) is 10.1. The first-order valence-electron chi connectivity index (χ1n) is 13.7. The number of nitrogens with one attached hydrogen (secondary N) is 1. The molecule has 2 aromatic carbocycles. The van der Waals surface area contributed by atoms with E-state index in [0.29, 0.717) is 56.8 Å². The second-order valence-electron chi connectivity index (χ2n) is 10.6. The highest BCUT2D eigenvalue weighted by Crippen LogP contribution is 2.46. The van der Waals surface area contributed by atoms with Gasteiger partial charge in [0.2, 0.25) is 5.91 Å². The maximum atomic E-state index is 12.0. The van der Waals surface area contributed by atoms with Crippen molar-refractivity contribution in [1.82, 2.24) is 9.88 Å². The Bertz CT molecular complexity index is 1430. The van der Waals surface area contributed by atoms with E-state index in [1.165, 1.54) is 0 Å². The van der Waals surface area contributed by atoms with Gasteiger partial charge in [0.05, 0.1) is 20.6 Å². The molecule has 218 valence electrons. The zero-order chi connectivity index (χ0) is 28.9. The Hall–Kier alpha value is -2.36. The molecule has 1 atom stereocenters. The van der Waals surface area contributed by atoms with Crippen LogP contribution in [0.25, 0.3) is 17.3 Å². The summed E-state index contributed by atoms with van der Waals surface area (Å²) in [5.41, 5.74) is 2.96. The average Bonchev–Trinajstić information content (AvgIpc) is 3.67. The maximum Gasteiger partial charge on any atom is 0.233 e. The van der Waals surface area contributed by atoms with Crippen molar-refractivity contribution in [3.05, 3.63) is 74.4 Å². The molecule has 1 N–H and O–H groups in total. The van der Waals surface area contributed by atoms with Gasteiger partial charge in [0.25, 0.3) is 0 Å². The molecule has 0 spiro atoms. The molecule has 1 aromatic heterocycles. The van der Waals surface area contributed by atoms with Gasteiger partial charge in [-0.05, 0) is 80.3 Å². The van der Waals surface area contributed by atoms with Crippen molar-refractivity contribution in [3.8, 4) is 17.0 Å². The summed E-state index contributed by atoms with van der Waals surface area (Å²) >= 11 is 17.0. The number of ether oxygens (including phenoxy) is 1. The van der Waals surface area contributed by atoms with Gasteiger partial charge in [-0.25, -0.2) is 0 Å². The van der Waals surface area contributed by atoms with Crippen molar-refractivity contribution >= 4 is 58.1 Å². The topological polar surface area (TPSA) is 104 Å². The summed E-state index contributed by atoms with van der Waals surface area (Å²) in [6.07, 6.45) is 11.2. The Labute approximate surface area is 257 Å². The smallest absolute Gasteiger partial charge is 0.233 e. The number of rotatable bonds is 9. The number of carbonyl (C=O) groups is 1. The van der Waals surface area contributed by atoms with E-state index in [-0.39, 0.29) is 12.5 Å². The molecular weight excluding hydrogens is 607 g/mol. The molecule has 2 fully saturated rings. The van der Waals surface area contributed by atoms with E-state index >= 15 is 0 Å². The molecule has 2 saturated carbocycles. The standard InChI is InChI=1S/C30H31Cl3N2O5S/c31-24-8-3-9-25(32)27(24)28-23(29(40-34-28)20-12-13-20)17-39-22-15-14-19(26(33)16-22)11-10-18-4-1-6-21(7-2-5-18)30(36)35-41(37)38/h3,8-11,14-16,18,20-21H,1-2,4-7,12-13,17H2,(H,35,36)(H,37,38)/p-1/b11-10+. The molecule has 1 heterocycles. The van der Waals surface area contributed by atoms with E-state index in [9.17, 15) is 13.6 Å². The second kappa shape index (κ2) is 13.7. The van der Waals surface area contributed by atoms with E-state index in [1.54, 1.807) is 24.3 Å². The van der Waals surface area contributed by atoms with Gasteiger partial charge in [-0.3, -0.25) is 13.7 Å². The number of halogens is 3. The SMILES string of the molecule is O=C(NS(=O)[O-])C1CCCC(/C=C/c2ccc(OCc3c(-c4c(Cl)cccc4Cl)noc3C3CC3)cc2Cl)CCC1. The Balaban J connectivity index is 1.22. The van der Waals surface area contributed by atoms with Crippen LogP contribution in [-0.2, 0) is 22.7 Å². The largest absolute Gasteiger partial charge is 0.755 e. The maximum absolute atomic E-state index is 12.0. The second-order valence-corrected chi connectivity index (χ2v) is 12.5. The molecule has 2 aliphatic carbocycles. The molecule has 1 amide bonds. The lowest BCUT2D eigenvalue weighted by molar-refractivity contribution is -0.123. The fourth-order valence-electron chi connectivity index (χ4n) is 5.34. The van der Waals surface area contributed by atoms with E-state index < -0.39 is 17.2 Å². The van der Waals surface area contributed by atoms with Crippen molar-refractivity contribution < 1.29 is 22.8 Å². The summed E-state index contributed by atoms with van der Waals surface area (Å²) in [7, 11) is 0. The van der Waals surface area contributed by atoms with Crippen LogP contribution in [0, 0.1) is 11.8 Å². The normalized spacial score (nSPS) is 20.4. The highest BCUT2D eigenvalue weighted by molar-refractivity contribution is 7.77. The number of allylic oxidation sites excluding steroid dienone is 1. The van der Waals surface area contributed by atoms with Gasteiger partial charge in [-0.2, -0.15) is 0 Å². The lowest BCUT2D eigenvalue weighted by atomic mass is 9.85. The molecule has 41 heavy (non-hydrogen) atoms. The summed E-state index contributed by atoms with van der Waals surface area (Å²) < 4.78 is 35.4. The molecular formula is C30H30Cl3N2O5S-. The highest BCUT2D eigenvalue weighted by atomic mass is 35.5. The fourth-order valence-corrected chi connectivity index (χ4v) is 6.48. The summed E-state index contributed by atoms with van der Waals surface area (Å²) in [5, 5.41) is 5.89. The van der Waals surface area contributed by atoms with Crippen LogP contribution in [0.15, 0.2) is 47.0 Å². The van der Waals surface area contributed by atoms with E-state index in [4.69, 9.17) is 44.1 Å². The predicted molar refractivity (Wildman–Crippen MR) is 160 cm³/mol. The van der Waals surface area contributed by atoms with Crippen molar-refractivity contribution in [2.75, 3.05) is 0 Å². The number of hydrogen-bond acceptors (Lipinski definition) is 6. The van der Waals surface area contributed by atoms with E-state index in [1.807, 2.05) is 22.9 Å². The summed E-state index contributed by atoms with van der Waals surface area (Å²) in [6.45, 7) is 0.240. The average molecular weight is 637 g/mol. The van der Waals surface area contributed by atoms with Gasteiger partial charge in [0, 0.05) is 28.7 Å². The molecule has 2 aliphatic rings. The molecule has 1 unspecified atom stereocenters. The predicted octanol–water partition coefficient (Wildman–Crippen LogP) is 8.27. The third kappa shape index (κ3) is 7.73. The van der Waals surface area contributed by atoms with Crippen LogP contribution >= 0.6 is 34.8 Å². The number of nitrogens with zero attached hydrogens (tertiary/aromatic N) is 1. The molecule has 0 saturated heterocycles. The lowest BCUT2D eigenvalue weighted by Crippen LogP contribution is -2.32. The van der Waals surface area contributed by atoms with Crippen LogP contribution in [0.4, 0.5) is 0 Å². The number of amides is 1. The van der Waals surface area contributed by atoms with Gasteiger partial charge in [0.1, 0.15) is 23.8 Å². The van der Waals surface area contributed by atoms with Crippen molar-refractivity contribution in [3.63, 3.8) is 0 Å². The van der Waals surface area contributed by atoms with Gasteiger partial charge >= 0.3 is 0 Å². The number of hydrogen-bond donors (Lipinski definition) is 1. The monoisotopic (exact) mass is 635 g/mol. The Morgan fingerprint density at radius 2 is 1.76 bits per heavy atom. The molecule has 7 nitrogen and oxygen atoms in total. The van der Waals surface area contributed by atoms with Crippen LogP contribution in [0.2, 0.25) is 15.1 Å². The van der Waals surface area contributed by atoms with Crippen LogP contribution in [0.5, 0.6) is 5.75 Å². The van der Waals surface area contributed by atoms with Crippen LogP contribution in [0.1, 0.15) is 74.2 Å². The molecule has 3 aromatic rings. The molecule has 11 heteroatoms. The van der Waals surface area contributed by atoms with Gasteiger partial charge in [-0.15, -0.1) is 0 Å². The number of benzene rings is 2. The van der Waals surface area contributed by atoms with Crippen molar-refractivity contribution in [2.24, 2.45) is 11.8 Å². The minimum Gasteiger partial charge on any atom is -0.755 e. The Morgan fingerprint density at radius 3 is 2.39 bits per heavy atom. The quantitative estimate of drug-likeness (QED) is 0.237. The van der Waals surface area contributed by atoms with E-state index in [2.05, 4.69) is 11.2 Å². The molecule has 0 bridgehead atoms. The molecule has 0 aliphatic heterocycles. The van der Waals surface area contributed by atoms with Crippen LogP contribution < -0.4 is 9.46 Å². The van der Waals surface area contributed by atoms with Crippen molar-refractivity contribution in [1.29, 1.82) is 0 Å². The summed E-state index contributed by atoms with van der Waals surface area (Å²) in [5.74, 6) is 1.47. The third-order valence-corrected chi connectivity index (χ3v) is 9.00. The first kappa shape index (κ1) is 30.1. The number of carbonyl (C=O) groups excluding carboxylic acids is 1.